The van der Waals surface area contributed by atoms with E-state index >= 15 is 0 Å². The van der Waals surface area contributed by atoms with Gasteiger partial charge >= 0.3 is 6.03 Å². The molecular weight excluding hydrogens is 419 g/mol. The van der Waals surface area contributed by atoms with Crippen molar-refractivity contribution in [3.63, 3.8) is 0 Å². The van der Waals surface area contributed by atoms with Crippen LogP contribution in [0.3, 0.4) is 0 Å². The van der Waals surface area contributed by atoms with Gasteiger partial charge in [0.05, 0.1) is 27.8 Å². The fraction of sp³-hybridized carbons (Fsp3) is 0.316. The molecule has 0 saturated carbocycles. The third-order valence-electron chi connectivity index (χ3n) is 4.20. The Labute approximate surface area is 176 Å². The Kier molecular flexibility index (Phi) is 6.59. The van der Waals surface area contributed by atoms with Crippen molar-refractivity contribution in [3.05, 3.63) is 60.7 Å². The second-order valence-electron chi connectivity index (χ2n) is 6.41. The molecule has 2 amide bonds. The molecule has 0 aliphatic heterocycles. The minimum absolute atomic E-state index is 0.174. The fourth-order valence-corrected chi connectivity index (χ4v) is 4.08. The predicted octanol–water partition coefficient (Wildman–Crippen LogP) is 4.97. The number of nitrogens with zero attached hydrogens (tertiary/aromatic N) is 2. The van der Waals surface area contributed by atoms with Crippen LogP contribution in [0.1, 0.15) is 37.0 Å². The molecule has 148 valence electrons. The van der Waals surface area contributed by atoms with E-state index in [4.69, 9.17) is 23.2 Å². The molecular formula is C19H20Cl2N4O2S. The minimum atomic E-state index is -0.255. The highest BCUT2D eigenvalue weighted by molar-refractivity contribution is 7.16. The number of H-pyrrole nitrogens is 1. The fourth-order valence-electron chi connectivity index (χ4n) is 2.85. The molecule has 2 N–H and O–H groups in total. The number of thiophene rings is 1. The summed E-state index contributed by atoms with van der Waals surface area (Å²) >= 11 is 13.4. The Bertz CT molecular complexity index is 1050. The zero-order chi connectivity index (χ0) is 20.3. The molecule has 3 rings (SSSR count). The molecule has 0 bridgehead atoms. The van der Waals surface area contributed by atoms with Crippen molar-refractivity contribution in [1.82, 2.24) is 20.2 Å². The number of rotatable bonds is 6. The molecule has 6 nitrogen and oxygen atoms in total. The molecule has 3 aromatic rings. The second kappa shape index (κ2) is 8.94. The largest absolute Gasteiger partial charge is 0.331 e. The standard InChI is InChI=1S/C19H20Cl2N4O2S/c1-3-8-25(19(27)22-11(2)15-6-7-16(21)28-15)10-17-23-14-9-12(20)4-5-13(14)18(26)24-17/h4-7,9,11H,3,8,10H2,1-2H3,(H,22,27)(H,23,24,26). The van der Waals surface area contributed by atoms with Gasteiger partial charge in [-0.3, -0.25) is 4.79 Å². The normalized spacial score (nSPS) is 12.1. The van der Waals surface area contributed by atoms with E-state index in [1.807, 2.05) is 26.0 Å². The summed E-state index contributed by atoms with van der Waals surface area (Å²) in [6, 6.07) is 8.23. The SMILES string of the molecule is CCCN(Cc1nc2cc(Cl)ccc2c(=O)[nH]1)C(=O)NC(C)c1ccc(Cl)s1. The van der Waals surface area contributed by atoms with E-state index in [1.165, 1.54) is 11.3 Å². The van der Waals surface area contributed by atoms with Gasteiger partial charge < -0.3 is 15.2 Å². The van der Waals surface area contributed by atoms with Gasteiger partial charge in [-0.1, -0.05) is 30.1 Å². The lowest BCUT2D eigenvalue weighted by Crippen LogP contribution is -2.41. The quantitative estimate of drug-likeness (QED) is 0.569. The second-order valence-corrected chi connectivity index (χ2v) is 8.59. The van der Waals surface area contributed by atoms with Crippen molar-refractivity contribution in [2.24, 2.45) is 0 Å². The van der Waals surface area contributed by atoms with E-state index < -0.39 is 0 Å². The van der Waals surface area contributed by atoms with Crippen molar-refractivity contribution in [2.45, 2.75) is 32.9 Å². The first-order valence-corrected chi connectivity index (χ1v) is 10.4. The van der Waals surface area contributed by atoms with Crippen molar-refractivity contribution in [3.8, 4) is 0 Å². The Hall–Kier alpha value is -2.09. The average molecular weight is 439 g/mol. The monoisotopic (exact) mass is 438 g/mol. The number of urea groups is 1. The molecule has 0 aliphatic rings. The van der Waals surface area contributed by atoms with Crippen LogP contribution in [0.2, 0.25) is 9.36 Å². The van der Waals surface area contributed by atoms with E-state index in [1.54, 1.807) is 23.1 Å². The molecule has 28 heavy (non-hydrogen) atoms. The van der Waals surface area contributed by atoms with Gasteiger partial charge in [0, 0.05) is 16.4 Å². The van der Waals surface area contributed by atoms with Gasteiger partial charge in [-0.25, -0.2) is 9.78 Å². The molecule has 0 aliphatic carbocycles. The molecule has 2 heterocycles. The van der Waals surface area contributed by atoms with Crippen molar-refractivity contribution in [2.75, 3.05) is 6.54 Å². The highest BCUT2D eigenvalue weighted by Crippen LogP contribution is 2.26. The third kappa shape index (κ3) is 4.84. The lowest BCUT2D eigenvalue weighted by Gasteiger charge is -2.24. The highest BCUT2D eigenvalue weighted by Gasteiger charge is 2.19. The van der Waals surface area contributed by atoms with Gasteiger partial charge in [-0.2, -0.15) is 0 Å². The third-order valence-corrected chi connectivity index (χ3v) is 5.85. The Morgan fingerprint density at radius 3 is 2.79 bits per heavy atom. The number of hydrogen-bond donors (Lipinski definition) is 2. The maximum absolute atomic E-state index is 12.8. The maximum Gasteiger partial charge on any atom is 0.318 e. The first-order valence-electron chi connectivity index (χ1n) is 8.86. The summed E-state index contributed by atoms with van der Waals surface area (Å²) in [5, 5.41) is 3.94. The van der Waals surface area contributed by atoms with Crippen LogP contribution in [0.5, 0.6) is 0 Å². The number of carbonyl (C=O) groups excluding carboxylic acids is 1. The lowest BCUT2D eigenvalue weighted by atomic mass is 10.2. The molecule has 1 atom stereocenters. The highest BCUT2D eigenvalue weighted by atomic mass is 35.5. The average Bonchev–Trinajstić information content (AvgIpc) is 3.07. The van der Waals surface area contributed by atoms with Gasteiger partial charge in [-0.05, 0) is 43.7 Å². The van der Waals surface area contributed by atoms with Crippen LogP contribution in [0.15, 0.2) is 35.1 Å². The van der Waals surface area contributed by atoms with Gasteiger partial charge in [-0.15, -0.1) is 11.3 Å². The summed E-state index contributed by atoms with van der Waals surface area (Å²) in [5.41, 5.74) is 0.250. The number of carbonyl (C=O) groups is 1. The van der Waals surface area contributed by atoms with Crippen molar-refractivity contribution in [1.29, 1.82) is 0 Å². The van der Waals surface area contributed by atoms with Gasteiger partial charge in [0.15, 0.2) is 0 Å². The maximum atomic E-state index is 12.8. The van der Waals surface area contributed by atoms with Gasteiger partial charge in [0.25, 0.3) is 5.56 Å². The van der Waals surface area contributed by atoms with Crippen LogP contribution in [0.4, 0.5) is 4.79 Å². The summed E-state index contributed by atoms with van der Waals surface area (Å²) < 4.78 is 0.679. The Morgan fingerprint density at radius 2 is 2.11 bits per heavy atom. The van der Waals surface area contributed by atoms with E-state index in [0.29, 0.717) is 32.6 Å². The van der Waals surface area contributed by atoms with Crippen molar-refractivity contribution >= 4 is 51.5 Å². The van der Waals surface area contributed by atoms with E-state index in [9.17, 15) is 9.59 Å². The van der Waals surface area contributed by atoms with Crippen LogP contribution >= 0.6 is 34.5 Å². The zero-order valence-electron chi connectivity index (χ0n) is 15.5. The molecule has 0 spiro atoms. The number of halogens is 2. The molecule has 0 saturated heterocycles. The smallest absolute Gasteiger partial charge is 0.318 e. The van der Waals surface area contributed by atoms with Gasteiger partial charge in [0.2, 0.25) is 0 Å². The van der Waals surface area contributed by atoms with Crippen molar-refractivity contribution < 1.29 is 4.79 Å². The molecule has 9 heteroatoms. The molecule has 0 fully saturated rings. The number of fused-ring (bicyclic) bond motifs is 1. The summed E-state index contributed by atoms with van der Waals surface area (Å²) in [7, 11) is 0. The summed E-state index contributed by atoms with van der Waals surface area (Å²) in [4.78, 5) is 34.9. The number of nitrogens with one attached hydrogen (secondary N) is 2. The lowest BCUT2D eigenvalue weighted by molar-refractivity contribution is 0.190. The van der Waals surface area contributed by atoms with Gasteiger partial charge in [0.1, 0.15) is 5.82 Å². The summed E-state index contributed by atoms with van der Waals surface area (Å²) in [6.07, 6.45) is 0.774. The molecule has 0 radical (unpaired) electrons. The predicted molar refractivity (Wildman–Crippen MR) is 114 cm³/mol. The van der Waals surface area contributed by atoms with E-state index in [0.717, 1.165) is 11.3 Å². The first-order chi connectivity index (χ1) is 13.4. The first kappa shape index (κ1) is 20.6. The molecule has 1 unspecified atom stereocenters. The minimum Gasteiger partial charge on any atom is -0.331 e. The van der Waals surface area contributed by atoms with E-state index in [2.05, 4.69) is 15.3 Å². The number of aromatic nitrogens is 2. The Balaban J connectivity index is 1.79. The van der Waals surface area contributed by atoms with Crippen LogP contribution in [0, 0.1) is 0 Å². The Morgan fingerprint density at radius 1 is 1.32 bits per heavy atom. The van der Waals surface area contributed by atoms with Crippen LogP contribution in [-0.4, -0.2) is 27.4 Å². The molecule has 1 aromatic carbocycles. The topological polar surface area (TPSA) is 78.1 Å². The number of hydrogen-bond acceptors (Lipinski definition) is 4. The van der Waals surface area contributed by atoms with E-state index in [-0.39, 0.29) is 24.2 Å². The van der Waals surface area contributed by atoms with Crippen LogP contribution < -0.4 is 10.9 Å². The van der Waals surface area contributed by atoms with Crippen LogP contribution in [-0.2, 0) is 6.54 Å². The van der Waals surface area contributed by atoms with Crippen LogP contribution in [0.25, 0.3) is 10.9 Å². The summed E-state index contributed by atoms with van der Waals surface area (Å²) in [5.74, 6) is 0.412. The summed E-state index contributed by atoms with van der Waals surface area (Å²) in [6.45, 7) is 4.61. The number of aromatic amines is 1. The number of amides is 2. The number of benzene rings is 1. The molecule has 2 aromatic heterocycles. The zero-order valence-corrected chi connectivity index (χ0v) is 17.8.